The summed E-state index contributed by atoms with van der Waals surface area (Å²) in [5.74, 6) is 0.951. The maximum absolute atomic E-state index is 6.12. The number of rotatable bonds is 3. The smallest absolute Gasteiger partial charge is 0.142 e. The number of hydrogen-bond donors (Lipinski definition) is 4. The highest BCUT2D eigenvalue weighted by molar-refractivity contribution is 6.30. The Balaban J connectivity index is 1.57. The number of anilines is 1. The van der Waals surface area contributed by atoms with E-state index < -0.39 is 0 Å². The number of nitrogens with one attached hydrogen (secondary N) is 4. The first kappa shape index (κ1) is 17.3. The summed E-state index contributed by atoms with van der Waals surface area (Å²) in [4.78, 5) is 4.93. The van der Waals surface area contributed by atoms with Gasteiger partial charge in [0.2, 0.25) is 0 Å². The number of piperidine rings is 1. The van der Waals surface area contributed by atoms with E-state index in [1.165, 1.54) is 0 Å². The quantitative estimate of drug-likeness (QED) is 0.622. The number of para-hydroxylation sites is 2. The average molecular weight is 370 g/mol. The van der Waals surface area contributed by atoms with Gasteiger partial charge in [-0.3, -0.25) is 0 Å². The summed E-state index contributed by atoms with van der Waals surface area (Å²) in [6.07, 6.45) is 1.97. The van der Waals surface area contributed by atoms with Gasteiger partial charge < -0.3 is 16.1 Å². The molecule has 2 aliphatic heterocycles. The number of amidine groups is 1. The number of hydrazine groups is 1. The van der Waals surface area contributed by atoms with Crippen LogP contribution in [0.3, 0.4) is 0 Å². The van der Waals surface area contributed by atoms with Crippen molar-refractivity contribution in [1.29, 1.82) is 0 Å². The van der Waals surface area contributed by atoms with Crippen molar-refractivity contribution < 1.29 is 0 Å². The zero-order chi connectivity index (χ0) is 18.0. The standard InChI is InChI=1S/C20H24ClN5/c1-14(15-5-4-6-16(21)13-15)25-26-19-20(9-11-22-12-10-20)24-18-8-3-2-7-17(18)23-19/h2-8,13-14,22,24-25H,9-12H2,1H3,(H,23,26). The van der Waals surface area contributed by atoms with E-state index in [2.05, 4.69) is 40.5 Å². The highest BCUT2D eigenvalue weighted by atomic mass is 35.5. The molecule has 26 heavy (non-hydrogen) atoms. The second kappa shape index (κ2) is 7.27. The third kappa shape index (κ3) is 3.43. The molecule has 2 aromatic carbocycles. The molecule has 136 valence electrons. The molecule has 0 amide bonds. The zero-order valence-corrected chi connectivity index (χ0v) is 15.6. The predicted molar refractivity (Wildman–Crippen MR) is 108 cm³/mol. The Bertz CT molecular complexity index is 813. The van der Waals surface area contributed by atoms with E-state index in [4.69, 9.17) is 16.6 Å². The highest BCUT2D eigenvalue weighted by Gasteiger charge is 2.40. The first-order valence-corrected chi connectivity index (χ1v) is 9.48. The van der Waals surface area contributed by atoms with Crippen molar-refractivity contribution in [2.45, 2.75) is 31.3 Å². The number of benzene rings is 2. The monoisotopic (exact) mass is 369 g/mol. The van der Waals surface area contributed by atoms with E-state index in [1.54, 1.807) is 0 Å². The Morgan fingerprint density at radius 2 is 1.92 bits per heavy atom. The lowest BCUT2D eigenvalue weighted by Gasteiger charge is -2.43. The predicted octanol–water partition coefficient (Wildman–Crippen LogP) is 3.77. The van der Waals surface area contributed by atoms with Crippen molar-refractivity contribution in [3.63, 3.8) is 0 Å². The SMILES string of the molecule is CC(NNC1=Nc2ccccc2NC12CCNCC2)c1cccc(Cl)c1. The normalized spacial score (nSPS) is 19.2. The summed E-state index contributed by atoms with van der Waals surface area (Å²) >= 11 is 6.12. The van der Waals surface area contributed by atoms with Crippen LogP contribution in [0.4, 0.5) is 11.4 Å². The van der Waals surface area contributed by atoms with Crippen molar-refractivity contribution in [1.82, 2.24) is 16.2 Å². The van der Waals surface area contributed by atoms with E-state index in [1.807, 2.05) is 36.4 Å². The Kier molecular flexibility index (Phi) is 4.85. The van der Waals surface area contributed by atoms with E-state index in [9.17, 15) is 0 Å². The van der Waals surface area contributed by atoms with Crippen LogP contribution in [-0.4, -0.2) is 24.5 Å². The van der Waals surface area contributed by atoms with Crippen molar-refractivity contribution >= 4 is 28.8 Å². The Hall–Kier alpha value is -2.08. The molecular formula is C20H24ClN5. The average Bonchev–Trinajstić information content (AvgIpc) is 2.67. The largest absolute Gasteiger partial charge is 0.371 e. The van der Waals surface area contributed by atoms with Gasteiger partial charge in [0, 0.05) is 11.1 Å². The van der Waals surface area contributed by atoms with Gasteiger partial charge in [0.25, 0.3) is 0 Å². The van der Waals surface area contributed by atoms with E-state index in [-0.39, 0.29) is 11.6 Å². The molecule has 0 aliphatic carbocycles. The number of nitrogens with zero attached hydrogens (tertiary/aromatic N) is 1. The summed E-state index contributed by atoms with van der Waals surface area (Å²) in [5.41, 5.74) is 9.84. The molecule has 5 nitrogen and oxygen atoms in total. The van der Waals surface area contributed by atoms with Crippen LogP contribution < -0.4 is 21.5 Å². The van der Waals surface area contributed by atoms with Gasteiger partial charge in [0.15, 0.2) is 0 Å². The van der Waals surface area contributed by atoms with Crippen molar-refractivity contribution in [2.24, 2.45) is 4.99 Å². The van der Waals surface area contributed by atoms with Crippen LogP contribution in [0.25, 0.3) is 0 Å². The third-order valence-electron chi connectivity index (χ3n) is 5.18. The molecule has 1 spiro atoms. The molecule has 1 saturated heterocycles. The van der Waals surface area contributed by atoms with Crippen LogP contribution in [0, 0.1) is 0 Å². The summed E-state index contributed by atoms with van der Waals surface area (Å²) in [6.45, 7) is 4.05. The Morgan fingerprint density at radius 3 is 2.73 bits per heavy atom. The molecule has 1 fully saturated rings. The zero-order valence-electron chi connectivity index (χ0n) is 14.8. The minimum Gasteiger partial charge on any atom is -0.371 e. The van der Waals surface area contributed by atoms with Crippen molar-refractivity contribution in [2.75, 3.05) is 18.4 Å². The number of halogens is 1. The van der Waals surface area contributed by atoms with Crippen LogP contribution in [0.2, 0.25) is 5.02 Å². The molecule has 2 heterocycles. The van der Waals surface area contributed by atoms with Gasteiger partial charge in [0.1, 0.15) is 5.84 Å². The van der Waals surface area contributed by atoms with Gasteiger partial charge in [-0.05, 0) is 62.7 Å². The van der Waals surface area contributed by atoms with Crippen LogP contribution in [0.1, 0.15) is 31.4 Å². The van der Waals surface area contributed by atoms with Crippen LogP contribution in [-0.2, 0) is 0 Å². The maximum Gasteiger partial charge on any atom is 0.142 e. The fourth-order valence-corrected chi connectivity index (χ4v) is 3.82. The number of hydrogen-bond acceptors (Lipinski definition) is 5. The van der Waals surface area contributed by atoms with E-state index >= 15 is 0 Å². The van der Waals surface area contributed by atoms with Crippen LogP contribution >= 0.6 is 11.6 Å². The molecule has 4 N–H and O–H groups in total. The molecule has 2 aromatic rings. The molecule has 1 atom stereocenters. The summed E-state index contributed by atoms with van der Waals surface area (Å²) < 4.78 is 0. The minimum atomic E-state index is -0.166. The fourth-order valence-electron chi connectivity index (χ4n) is 3.62. The highest BCUT2D eigenvalue weighted by Crippen LogP contribution is 2.36. The maximum atomic E-state index is 6.12. The molecule has 0 aromatic heterocycles. The van der Waals surface area contributed by atoms with Crippen LogP contribution in [0.15, 0.2) is 53.5 Å². The number of aliphatic imine (C=N–C) groups is 1. The first-order chi connectivity index (χ1) is 12.7. The summed E-state index contributed by atoms with van der Waals surface area (Å²) in [7, 11) is 0. The van der Waals surface area contributed by atoms with E-state index in [0.717, 1.165) is 53.7 Å². The third-order valence-corrected chi connectivity index (χ3v) is 5.41. The van der Waals surface area contributed by atoms with Crippen LogP contribution in [0.5, 0.6) is 0 Å². The van der Waals surface area contributed by atoms with Gasteiger partial charge in [-0.15, -0.1) is 0 Å². The first-order valence-electron chi connectivity index (χ1n) is 9.10. The lowest BCUT2D eigenvalue weighted by Crippen LogP contribution is -2.61. The van der Waals surface area contributed by atoms with Gasteiger partial charge in [0.05, 0.1) is 16.9 Å². The van der Waals surface area contributed by atoms with Crippen molar-refractivity contribution in [3.05, 3.63) is 59.1 Å². The fraction of sp³-hybridized carbons (Fsp3) is 0.350. The Labute approximate surface area is 159 Å². The molecule has 0 radical (unpaired) electrons. The molecule has 0 saturated carbocycles. The van der Waals surface area contributed by atoms with Gasteiger partial charge in [-0.25, -0.2) is 10.4 Å². The molecular weight excluding hydrogens is 346 g/mol. The summed E-state index contributed by atoms with van der Waals surface area (Å²) in [6, 6.07) is 16.2. The van der Waals surface area contributed by atoms with Gasteiger partial charge in [-0.1, -0.05) is 35.9 Å². The second-order valence-corrected chi connectivity index (χ2v) is 7.42. The lowest BCUT2D eigenvalue weighted by molar-refractivity contribution is 0.402. The van der Waals surface area contributed by atoms with E-state index in [0.29, 0.717) is 0 Å². The van der Waals surface area contributed by atoms with Gasteiger partial charge >= 0.3 is 0 Å². The second-order valence-electron chi connectivity index (χ2n) is 6.98. The molecule has 6 heteroatoms. The van der Waals surface area contributed by atoms with Gasteiger partial charge in [-0.2, -0.15) is 0 Å². The molecule has 4 rings (SSSR count). The lowest BCUT2D eigenvalue weighted by atomic mass is 9.85. The number of fused-ring (bicyclic) bond motifs is 1. The minimum absolute atomic E-state index is 0.104. The summed E-state index contributed by atoms with van der Waals surface area (Å²) in [5, 5.41) is 7.93. The molecule has 1 unspecified atom stereocenters. The topological polar surface area (TPSA) is 60.5 Å². The molecule has 2 aliphatic rings. The molecule has 0 bridgehead atoms. The Morgan fingerprint density at radius 1 is 1.12 bits per heavy atom. The van der Waals surface area contributed by atoms with Crippen molar-refractivity contribution in [3.8, 4) is 0 Å².